The highest BCUT2D eigenvalue weighted by molar-refractivity contribution is 9.10. The van der Waals surface area contributed by atoms with Crippen molar-refractivity contribution in [1.29, 1.82) is 0 Å². The number of carboxylic acids is 1. The zero-order chi connectivity index (χ0) is 17.2. The zero-order valence-electron chi connectivity index (χ0n) is 13.0. The first kappa shape index (κ1) is 16.7. The molecule has 124 valence electrons. The van der Waals surface area contributed by atoms with Crippen molar-refractivity contribution >= 4 is 28.1 Å². The van der Waals surface area contributed by atoms with E-state index < -0.39 is 11.4 Å². The van der Waals surface area contributed by atoms with Crippen molar-refractivity contribution in [3.05, 3.63) is 64.1 Å². The Hall–Kier alpha value is -2.14. The molecule has 2 atom stereocenters. The van der Waals surface area contributed by atoms with Gasteiger partial charge in [0.15, 0.2) is 0 Å². The summed E-state index contributed by atoms with van der Waals surface area (Å²) in [6.45, 7) is 0. The summed E-state index contributed by atoms with van der Waals surface area (Å²) in [7, 11) is 0. The summed E-state index contributed by atoms with van der Waals surface area (Å²) >= 11 is 3.29. The third-order valence-electron chi connectivity index (χ3n) is 4.62. The van der Waals surface area contributed by atoms with E-state index in [2.05, 4.69) is 20.9 Å². The van der Waals surface area contributed by atoms with Crippen LogP contribution in [0.3, 0.4) is 0 Å². The number of benzene rings is 2. The fraction of sp³-hybridized carbons (Fsp3) is 0.263. The topological polar surface area (TPSA) is 72.7 Å². The van der Waals surface area contributed by atoms with Gasteiger partial charge in [-0.1, -0.05) is 46.3 Å². The number of carboxylic acid groups (broad SMARTS) is 1. The molecular formula is C19H17BrNO3-. The van der Waals surface area contributed by atoms with Gasteiger partial charge in [-0.25, -0.2) is 0 Å². The number of carbonyl (C=O) groups excluding carboxylic acids is 1. The molecule has 0 amide bonds. The van der Waals surface area contributed by atoms with Gasteiger partial charge in [-0.05, 0) is 43.0 Å². The molecule has 0 aliphatic heterocycles. The quantitative estimate of drug-likeness (QED) is 0.821. The van der Waals surface area contributed by atoms with Gasteiger partial charge in [0.1, 0.15) is 5.75 Å². The average molecular weight is 387 g/mol. The van der Waals surface area contributed by atoms with Crippen molar-refractivity contribution in [2.24, 2.45) is 4.99 Å². The van der Waals surface area contributed by atoms with Crippen LogP contribution >= 0.6 is 15.9 Å². The summed E-state index contributed by atoms with van der Waals surface area (Å²) in [5.41, 5.74) is 0.406. The van der Waals surface area contributed by atoms with Crippen molar-refractivity contribution in [2.45, 2.75) is 30.7 Å². The van der Waals surface area contributed by atoms with Crippen LogP contribution in [0.15, 0.2) is 58.0 Å². The molecule has 1 fully saturated rings. The Bertz CT molecular complexity index is 775. The number of aliphatic imine (C=N–C) groups is 1. The number of nitrogens with zero attached hydrogens (tertiary/aromatic N) is 1. The van der Waals surface area contributed by atoms with Gasteiger partial charge in [-0.3, -0.25) is 4.99 Å². The maximum absolute atomic E-state index is 11.8. The second-order valence-electron chi connectivity index (χ2n) is 6.11. The Morgan fingerprint density at radius 1 is 1.29 bits per heavy atom. The minimum Gasteiger partial charge on any atom is -0.549 e. The highest BCUT2D eigenvalue weighted by atomic mass is 79.9. The minimum absolute atomic E-state index is 0.105. The average Bonchev–Trinajstić information content (AvgIpc) is 3.01. The van der Waals surface area contributed by atoms with Crippen LogP contribution in [-0.2, 0) is 10.2 Å². The number of hydrogen-bond acceptors (Lipinski definition) is 4. The molecular weight excluding hydrogens is 370 g/mol. The molecule has 0 saturated heterocycles. The molecule has 3 rings (SSSR count). The maximum atomic E-state index is 11.8. The standard InChI is InChI=1S/C19H18BrNO3/c20-15-7-6-13(17(22)10-15)12-21-16-8-9-19(11-16,18(23)24)14-4-2-1-3-5-14/h1-7,10,12,16,22H,8-9,11H2,(H,23,24)/p-1/t16-,19+/m0/s1. The van der Waals surface area contributed by atoms with Crippen LogP contribution in [0, 0.1) is 0 Å². The van der Waals surface area contributed by atoms with Gasteiger partial charge in [0.2, 0.25) is 0 Å². The van der Waals surface area contributed by atoms with Gasteiger partial charge in [0.05, 0.1) is 12.0 Å². The van der Waals surface area contributed by atoms with E-state index in [9.17, 15) is 15.0 Å². The lowest BCUT2D eigenvalue weighted by molar-refractivity contribution is -0.313. The van der Waals surface area contributed by atoms with E-state index in [4.69, 9.17) is 0 Å². The monoisotopic (exact) mass is 386 g/mol. The van der Waals surface area contributed by atoms with Gasteiger partial charge in [-0.15, -0.1) is 0 Å². The molecule has 0 aromatic heterocycles. The predicted octanol–water partition coefficient (Wildman–Crippen LogP) is 2.81. The Labute approximate surface area is 149 Å². The smallest absolute Gasteiger partial charge is 0.125 e. The van der Waals surface area contributed by atoms with E-state index in [1.165, 1.54) is 0 Å². The number of phenolic OH excluding ortho intramolecular Hbond substituents is 1. The molecule has 4 nitrogen and oxygen atoms in total. The van der Waals surface area contributed by atoms with E-state index in [0.29, 0.717) is 24.8 Å². The van der Waals surface area contributed by atoms with Crippen molar-refractivity contribution in [2.75, 3.05) is 0 Å². The van der Waals surface area contributed by atoms with Crippen molar-refractivity contribution in [3.8, 4) is 5.75 Å². The first-order valence-corrected chi connectivity index (χ1v) is 8.59. The Balaban J connectivity index is 1.81. The van der Waals surface area contributed by atoms with Crippen molar-refractivity contribution < 1.29 is 15.0 Å². The highest BCUT2D eigenvalue weighted by Crippen LogP contribution is 2.42. The molecule has 0 heterocycles. The largest absolute Gasteiger partial charge is 0.549 e. The van der Waals surface area contributed by atoms with Crippen molar-refractivity contribution in [3.63, 3.8) is 0 Å². The summed E-state index contributed by atoms with van der Waals surface area (Å²) < 4.78 is 0.790. The predicted molar refractivity (Wildman–Crippen MR) is 94.2 cm³/mol. The van der Waals surface area contributed by atoms with E-state index in [1.54, 1.807) is 18.3 Å². The summed E-state index contributed by atoms with van der Waals surface area (Å²) in [4.78, 5) is 16.3. The number of halogens is 1. The molecule has 0 radical (unpaired) electrons. The van der Waals surface area contributed by atoms with Gasteiger partial charge in [-0.2, -0.15) is 0 Å². The molecule has 5 heteroatoms. The van der Waals surface area contributed by atoms with E-state index in [-0.39, 0.29) is 11.8 Å². The third kappa shape index (κ3) is 3.22. The molecule has 1 N–H and O–H groups in total. The van der Waals surface area contributed by atoms with Crippen LogP contribution in [-0.4, -0.2) is 23.3 Å². The molecule has 24 heavy (non-hydrogen) atoms. The molecule has 1 aliphatic rings. The summed E-state index contributed by atoms with van der Waals surface area (Å²) in [6, 6.07) is 14.3. The first-order valence-electron chi connectivity index (χ1n) is 7.80. The molecule has 0 spiro atoms. The van der Waals surface area contributed by atoms with Crippen LogP contribution < -0.4 is 5.11 Å². The number of carbonyl (C=O) groups is 1. The Morgan fingerprint density at radius 3 is 2.71 bits per heavy atom. The maximum Gasteiger partial charge on any atom is 0.125 e. The van der Waals surface area contributed by atoms with Crippen LogP contribution in [0.4, 0.5) is 0 Å². The lowest BCUT2D eigenvalue weighted by Gasteiger charge is -2.30. The van der Waals surface area contributed by atoms with Crippen LogP contribution in [0.1, 0.15) is 30.4 Å². The third-order valence-corrected chi connectivity index (χ3v) is 5.12. The second kappa shape index (κ2) is 6.77. The first-order chi connectivity index (χ1) is 11.5. The number of aromatic hydroxyl groups is 1. The molecule has 0 unspecified atom stereocenters. The Kier molecular flexibility index (Phi) is 4.71. The van der Waals surface area contributed by atoms with E-state index in [1.807, 2.05) is 36.4 Å². The van der Waals surface area contributed by atoms with Gasteiger partial charge in [0, 0.05) is 21.7 Å². The second-order valence-corrected chi connectivity index (χ2v) is 7.03. The van der Waals surface area contributed by atoms with Gasteiger partial charge >= 0.3 is 0 Å². The highest BCUT2D eigenvalue weighted by Gasteiger charge is 2.41. The minimum atomic E-state index is -1.04. The fourth-order valence-electron chi connectivity index (χ4n) is 3.28. The number of rotatable bonds is 4. The van der Waals surface area contributed by atoms with E-state index >= 15 is 0 Å². The van der Waals surface area contributed by atoms with Gasteiger partial charge in [0.25, 0.3) is 0 Å². The molecule has 1 aliphatic carbocycles. The molecule has 2 aromatic carbocycles. The molecule has 0 bridgehead atoms. The van der Waals surface area contributed by atoms with Crippen LogP contribution in [0.2, 0.25) is 0 Å². The summed E-state index contributed by atoms with van der Waals surface area (Å²) in [5.74, 6) is -0.904. The zero-order valence-corrected chi connectivity index (χ0v) is 14.6. The number of phenols is 1. The van der Waals surface area contributed by atoms with Gasteiger partial charge < -0.3 is 15.0 Å². The van der Waals surface area contributed by atoms with E-state index in [0.717, 1.165) is 10.0 Å². The van der Waals surface area contributed by atoms with Crippen molar-refractivity contribution in [1.82, 2.24) is 0 Å². The summed E-state index contributed by atoms with van der Waals surface area (Å²) in [5, 5.41) is 21.7. The number of aliphatic carboxylic acids is 1. The lowest BCUT2D eigenvalue weighted by Crippen LogP contribution is -2.44. The SMILES string of the molecule is O=C([O-])[C@]1(c2ccccc2)CC[C@H](N=Cc2ccc(Br)cc2O)C1. The molecule has 1 saturated carbocycles. The lowest BCUT2D eigenvalue weighted by atomic mass is 9.79. The summed E-state index contributed by atoms with van der Waals surface area (Å²) in [6.07, 6.45) is 3.21. The normalized spacial score (nSPS) is 23.6. The van der Waals surface area contributed by atoms with Crippen LogP contribution in [0.5, 0.6) is 5.75 Å². The molecule has 2 aromatic rings. The van der Waals surface area contributed by atoms with Crippen LogP contribution in [0.25, 0.3) is 0 Å². The number of hydrogen-bond donors (Lipinski definition) is 1. The fourth-order valence-corrected chi connectivity index (χ4v) is 3.63. The Morgan fingerprint density at radius 2 is 2.04 bits per heavy atom.